The molecule has 17 heavy (non-hydrogen) atoms. The van der Waals surface area contributed by atoms with Crippen LogP contribution in [-0.2, 0) is 24.1 Å². The van der Waals surface area contributed by atoms with Crippen molar-refractivity contribution < 1.29 is 4.74 Å². The summed E-state index contributed by atoms with van der Waals surface area (Å²) in [7, 11) is 1.72. The van der Waals surface area contributed by atoms with E-state index in [9.17, 15) is 0 Å². The third kappa shape index (κ3) is 4.44. The maximum Gasteiger partial charge on any atom is 0.150 e. The zero-order valence-corrected chi connectivity index (χ0v) is 11.4. The molecule has 1 heterocycles. The van der Waals surface area contributed by atoms with E-state index in [2.05, 4.69) is 36.2 Å². The Morgan fingerprint density at radius 3 is 2.71 bits per heavy atom. The van der Waals surface area contributed by atoms with Crippen molar-refractivity contribution in [2.75, 3.05) is 20.3 Å². The molecule has 1 aromatic rings. The number of aryl methyl sites for hydroxylation is 2. The molecule has 98 valence electrons. The number of rotatable bonds is 8. The van der Waals surface area contributed by atoms with Crippen LogP contribution < -0.4 is 5.32 Å². The Kier molecular flexibility index (Phi) is 6.15. The van der Waals surface area contributed by atoms with Gasteiger partial charge in [0.1, 0.15) is 5.82 Å². The zero-order chi connectivity index (χ0) is 12.7. The van der Waals surface area contributed by atoms with Gasteiger partial charge in [-0.1, -0.05) is 13.8 Å². The van der Waals surface area contributed by atoms with E-state index in [0.29, 0.717) is 6.04 Å². The predicted octanol–water partition coefficient (Wildman–Crippen LogP) is 1.03. The number of ether oxygens (including phenoxy) is 1. The highest BCUT2D eigenvalue weighted by Gasteiger charge is 2.07. The van der Waals surface area contributed by atoms with Crippen LogP contribution in [0.4, 0.5) is 0 Å². The molecule has 0 aliphatic heterocycles. The Balaban J connectivity index is 2.42. The molecule has 0 aliphatic carbocycles. The van der Waals surface area contributed by atoms with Crippen molar-refractivity contribution in [3.8, 4) is 0 Å². The van der Waals surface area contributed by atoms with Gasteiger partial charge in [-0.25, -0.2) is 9.67 Å². The summed E-state index contributed by atoms with van der Waals surface area (Å²) in [5.41, 5.74) is 0. The summed E-state index contributed by atoms with van der Waals surface area (Å²) >= 11 is 0. The second-order valence-corrected chi connectivity index (χ2v) is 4.19. The number of aromatic nitrogens is 3. The van der Waals surface area contributed by atoms with Crippen LogP contribution in [0.5, 0.6) is 0 Å². The van der Waals surface area contributed by atoms with Gasteiger partial charge in [0.2, 0.25) is 0 Å². The number of methoxy groups -OCH3 is 1. The summed E-state index contributed by atoms with van der Waals surface area (Å²) in [5, 5.41) is 7.87. The van der Waals surface area contributed by atoms with E-state index in [4.69, 9.17) is 4.74 Å². The summed E-state index contributed by atoms with van der Waals surface area (Å²) in [6.45, 7) is 8.80. The molecule has 1 unspecified atom stereocenters. The fourth-order valence-corrected chi connectivity index (χ4v) is 1.74. The molecule has 0 fully saturated rings. The van der Waals surface area contributed by atoms with Crippen LogP contribution in [0.1, 0.15) is 32.4 Å². The lowest BCUT2D eigenvalue weighted by atomic mass is 10.3. The lowest BCUT2D eigenvalue weighted by molar-refractivity contribution is 0.171. The Hall–Kier alpha value is -0.940. The Morgan fingerprint density at radius 1 is 1.35 bits per heavy atom. The molecular weight excluding hydrogens is 216 g/mol. The van der Waals surface area contributed by atoms with Crippen molar-refractivity contribution in [2.45, 2.75) is 46.2 Å². The largest absolute Gasteiger partial charge is 0.383 e. The molecule has 0 radical (unpaired) electrons. The topological polar surface area (TPSA) is 52.0 Å². The second-order valence-electron chi connectivity index (χ2n) is 4.19. The second kappa shape index (κ2) is 7.40. The van der Waals surface area contributed by atoms with E-state index in [1.807, 2.05) is 4.68 Å². The van der Waals surface area contributed by atoms with Crippen molar-refractivity contribution in [2.24, 2.45) is 0 Å². The number of nitrogens with one attached hydrogen (secondary N) is 1. The average molecular weight is 240 g/mol. The predicted molar refractivity (Wildman–Crippen MR) is 68.1 cm³/mol. The minimum absolute atomic E-state index is 0.374. The van der Waals surface area contributed by atoms with Crippen LogP contribution in [0.25, 0.3) is 0 Å². The maximum atomic E-state index is 5.08. The van der Waals surface area contributed by atoms with E-state index in [-0.39, 0.29) is 0 Å². The first-order valence-electron chi connectivity index (χ1n) is 6.36. The van der Waals surface area contributed by atoms with E-state index in [1.54, 1.807) is 7.11 Å². The normalized spacial score (nSPS) is 12.9. The third-order valence-corrected chi connectivity index (χ3v) is 2.66. The highest BCUT2D eigenvalue weighted by Crippen LogP contribution is 2.00. The summed E-state index contributed by atoms with van der Waals surface area (Å²) < 4.78 is 7.08. The molecule has 1 rings (SSSR count). The first-order valence-corrected chi connectivity index (χ1v) is 6.36. The molecule has 5 heteroatoms. The summed E-state index contributed by atoms with van der Waals surface area (Å²) in [6.07, 6.45) is 1.83. The third-order valence-electron chi connectivity index (χ3n) is 2.66. The molecule has 0 bridgehead atoms. The first-order chi connectivity index (χ1) is 8.21. The fourth-order valence-electron chi connectivity index (χ4n) is 1.74. The van der Waals surface area contributed by atoms with Crippen LogP contribution in [0.3, 0.4) is 0 Å². The van der Waals surface area contributed by atoms with E-state index < -0.39 is 0 Å². The quantitative estimate of drug-likeness (QED) is 0.737. The summed E-state index contributed by atoms with van der Waals surface area (Å²) in [4.78, 5) is 4.48. The van der Waals surface area contributed by atoms with Crippen molar-refractivity contribution in [1.82, 2.24) is 20.1 Å². The number of nitrogens with zero attached hydrogens (tertiary/aromatic N) is 3. The van der Waals surface area contributed by atoms with E-state index >= 15 is 0 Å². The maximum absolute atomic E-state index is 5.08. The van der Waals surface area contributed by atoms with Crippen LogP contribution in [0, 0.1) is 0 Å². The van der Waals surface area contributed by atoms with Gasteiger partial charge in [0.05, 0.1) is 13.2 Å². The van der Waals surface area contributed by atoms with Crippen LogP contribution in [0.2, 0.25) is 0 Å². The molecule has 0 aliphatic rings. The lowest BCUT2D eigenvalue weighted by Gasteiger charge is -2.12. The molecule has 1 atom stereocenters. The number of hydrogen-bond acceptors (Lipinski definition) is 4. The van der Waals surface area contributed by atoms with Crippen molar-refractivity contribution in [3.63, 3.8) is 0 Å². The van der Waals surface area contributed by atoms with Crippen molar-refractivity contribution in [1.29, 1.82) is 0 Å². The van der Waals surface area contributed by atoms with Crippen LogP contribution in [0.15, 0.2) is 0 Å². The van der Waals surface area contributed by atoms with E-state index in [1.165, 1.54) is 0 Å². The Labute approximate surface area is 104 Å². The van der Waals surface area contributed by atoms with Gasteiger partial charge in [-0.3, -0.25) is 0 Å². The molecule has 0 amide bonds. The zero-order valence-electron chi connectivity index (χ0n) is 11.4. The highest BCUT2D eigenvalue weighted by atomic mass is 16.5. The van der Waals surface area contributed by atoms with Crippen LogP contribution >= 0.6 is 0 Å². The molecule has 1 aromatic heterocycles. The molecule has 0 spiro atoms. The number of hydrogen-bond donors (Lipinski definition) is 1. The van der Waals surface area contributed by atoms with E-state index in [0.717, 1.165) is 44.2 Å². The summed E-state index contributed by atoms with van der Waals surface area (Å²) in [6, 6.07) is 0.374. The van der Waals surface area contributed by atoms with Crippen molar-refractivity contribution >= 4 is 0 Å². The Morgan fingerprint density at radius 2 is 2.12 bits per heavy atom. The van der Waals surface area contributed by atoms with Gasteiger partial charge in [0.25, 0.3) is 0 Å². The highest BCUT2D eigenvalue weighted by molar-refractivity contribution is 4.92. The summed E-state index contributed by atoms with van der Waals surface area (Å²) in [5.74, 6) is 2.01. The minimum atomic E-state index is 0.374. The molecule has 0 saturated carbocycles. The van der Waals surface area contributed by atoms with Gasteiger partial charge in [0.15, 0.2) is 5.82 Å². The smallest absolute Gasteiger partial charge is 0.150 e. The van der Waals surface area contributed by atoms with Gasteiger partial charge in [-0.15, -0.1) is 0 Å². The SMILES string of the molecule is CCc1nc(CC)n(CCNC(C)COC)n1. The molecule has 5 nitrogen and oxygen atoms in total. The molecule has 0 aromatic carbocycles. The first kappa shape index (κ1) is 14.1. The van der Waals surface area contributed by atoms with Crippen molar-refractivity contribution in [3.05, 3.63) is 11.6 Å². The lowest BCUT2D eigenvalue weighted by Crippen LogP contribution is -2.33. The average Bonchev–Trinajstić information content (AvgIpc) is 2.72. The molecular formula is C12H24N4O. The van der Waals surface area contributed by atoms with Gasteiger partial charge >= 0.3 is 0 Å². The fraction of sp³-hybridized carbons (Fsp3) is 0.833. The minimum Gasteiger partial charge on any atom is -0.383 e. The van der Waals surface area contributed by atoms with Crippen LogP contribution in [-0.4, -0.2) is 41.1 Å². The Bertz CT molecular complexity index is 324. The standard InChI is InChI=1S/C12H24N4O/c1-5-11-14-12(6-2)16(15-11)8-7-13-10(3)9-17-4/h10,13H,5-9H2,1-4H3. The van der Waals surface area contributed by atoms with Gasteiger partial charge in [-0.05, 0) is 6.92 Å². The van der Waals surface area contributed by atoms with Gasteiger partial charge < -0.3 is 10.1 Å². The molecule has 1 N–H and O–H groups in total. The van der Waals surface area contributed by atoms with Gasteiger partial charge in [-0.2, -0.15) is 5.10 Å². The van der Waals surface area contributed by atoms with Gasteiger partial charge in [0, 0.05) is 32.5 Å². The molecule has 0 saturated heterocycles. The monoisotopic (exact) mass is 240 g/mol.